The van der Waals surface area contributed by atoms with E-state index in [4.69, 9.17) is 11.6 Å². The first-order valence-electron chi connectivity index (χ1n) is 6.17. The molecule has 0 aromatic heterocycles. The molecule has 96 valence electrons. The normalized spacial score (nSPS) is 12.8. The third-order valence-electron chi connectivity index (χ3n) is 2.63. The quantitative estimate of drug-likeness (QED) is 0.824. The topological polar surface area (TPSA) is 12.0 Å². The predicted molar refractivity (Wildman–Crippen MR) is 76.4 cm³/mol. The largest absolute Gasteiger partial charge is 0.308 e. The van der Waals surface area contributed by atoms with Crippen LogP contribution >= 0.6 is 11.6 Å². The molecular weight excluding hydrogens is 230 g/mol. The molecule has 0 amide bonds. The summed E-state index contributed by atoms with van der Waals surface area (Å²) in [5, 5.41) is 4.40. The van der Waals surface area contributed by atoms with E-state index in [1.165, 1.54) is 5.56 Å². The number of nitrogens with one attached hydrogen (secondary N) is 1. The van der Waals surface area contributed by atoms with Crippen molar-refractivity contribution in [1.29, 1.82) is 0 Å². The Morgan fingerprint density at radius 3 is 2.29 bits per heavy atom. The highest BCUT2D eigenvalue weighted by atomic mass is 35.5. The lowest BCUT2D eigenvalue weighted by atomic mass is 9.82. The summed E-state index contributed by atoms with van der Waals surface area (Å²) >= 11 is 5.97. The molecular formula is C15H24ClN. The zero-order valence-electron chi connectivity index (χ0n) is 11.6. The fraction of sp³-hybridized carbons (Fsp3) is 0.600. The van der Waals surface area contributed by atoms with Gasteiger partial charge < -0.3 is 5.32 Å². The van der Waals surface area contributed by atoms with Crippen molar-refractivity contribution < 1.29 is 0 Å². The molecule has 2 heteroatoms. The summed E-state index contributed by atoms with van der Waals surface area (Å²) in [4.78, 5) is 0. The van der Waals surface area contributed by atoms with Crippen LogP contribution in [0.25, 0.3) is 0 Å². The van der Waals surface area contributed by atoms with E-state index >= 15 is 0 Å². The lowest BCUT2D eigenvalue weighted by Crippen LogP contribution is -2.41. The second-order valence-electron chi connectivity index (χ2n) is 6.60. The van der Waals surface area contributed by atoms with Crippen LogP contribution in [0.2, 0.25) is 5.02 Å². The van der Waals surface area contributed by atoms with Crippen molar-refractivity contribution >= 4 is 11.6 Å². The Kier molecular flexibility index (Phi) is 4.62. The zero-order chi connectivity index (χ0) is 13.1. The highest BCUT2D eigenvalue weighted by molar-refractivity contribution is 6.30. The molecule has 1 N–H and O–H groups in total. The number of benzene rings is 1. The standard InChI is InChI=1S/C15H24ClN/c1-14(2,3)11-15(4,5)17-10-12-7-6-8-13(16)9-12/h6-9,17H,10-11H2,1-5H3. The monoisotopic (exact) mass is 253 g/mol. The summed E-state index contributed by atoms with van der Waals surface area (Å²) in [5.74, 6) is 0. The minimum Gasteiger partial charge on any atom is -0.308 e. The van der Waals surface area contributed by atoms with Crippen molar-refractivity contribution in [3.63, 3.8) is 0 Å². The van der Waals surface area contributed by atoms with Gasteiger partial charge in [0.25, 0.3) is 0 Å². The van der Waals surface area contributed by atoms with Gasteiger partial charge in [0, 0.05) is 17.1 Å². The third kappa shape index (κ3) is 6.09. The molecule has 17 heavy (non-hydrogen) atoms. The molecule has 0 unspecified atom stereocenters. The molecule has 0 bridgehead atoms. The van der Waals surface area contributed by atoms with Gasteiger partial charge >= 0.3 is 0 Å². The van der Waals surface area contributed by atoms with Gasteiger partial charge in [-0.25, -0.2) is 0 Å². The zero-order valence-corrected chi connectivity index (χ0v) is 12.4. The fourth-order valence-corrected chi connectivity index (χ4v) is 2.59. The third-order valence-corrected chi connectivity index (χ3v) is 2.87. The van der Waals surface area contributed by atoms with Crippen LogP contribution in [0.3, 0.4) is 0 Å². The average molecular weight is 254 g/mol. The molecule has 0 atom stereocenters. The van der Waals surface area contributed by atoms with Crippen LogP contribution in [0.1, 0.15) is 46.6 Å². The minimum absolute atomic E-state index is 0.139. The molecule has 1 rings (SSSR count). The Morgan fingerprint density at radius 1 is 1.12 bits per heavy atom. The lowest BCUT2D eigenvalue weighted by Gasteiger charge is -2.33. The number of halogens is 1. The molecule has 1 aromatic carbocycles. The van der Waals surface area contributed by atoms with Gasteiger partial charge in [-0.1, -0.05) is 44.5 Å². The molecule has 0 heterocycles. The number of hydrogen-bond donors (Lipinski definition) is 1. The Morgan fingerprint density at radius 2 is 1.76 bits per heavy atom. The second-order valence-corrected chi connectivity index (χ2v) is 7.04. The van der Waals surface area contributed by atoms with Crippen LogP contribution in [0.4, 0.5) is 0 Å². The van der Waals surface area contributed by atoms with E-state index in [2.05, 4.69) is 46.0 Å². The first kappa shape index (κ1) is 14.5. The number of hydrogen-bond acceptors (Lipinski definition) is 1. The average Bonchev–Trinajstić information content (AvgIpc) is 2.11. The maximum Gasteiger partial charge on any atom is 0.0409 e. The van der Waals surface area contributed by atoms with Crippen molar-refractivity contribution in [3.8, 4) is 0 Å². The van der Waals surface area contributed by atoms with Gasteiger partial charge in [-0.05, 0) is 43.4 Å². The molecule has 0 saturated carbocycles. The van der Waals surface area contributed by atoms with Gasteiger partial charge in [0.1, 0.15) is 0 Å². The van der Waals surface area contributed by atoms with Crippen molar-refractivity contribution in [2.75, 3.05) is 0 Å². The minimum atomic E-state index is 0.139. The van der Waals surface area contributed by atoms with Crippen molar-refractivity contribution in [2.45, 2.75) is 53.1 Å². The molecule has 0 radical (unpaired) electrons. The van der Waals surface area contributed by atoms with E-state index < -0.39 is 0 Å². The molecule has 0 aliphatic carbocycles. The van der Waals surface area contributed by atoms with Crippen LogP contribution < -0.4 is 5.32 Å². The smallest absolute Gasteiger partial charge is 0.0409 e. The highest BCUT2D eigenvalue weighted by Crippen LogP contribution is 2.27. The maximum atomic E-state index is 5.97. The van der Waals surface area contributed by atoms with Crippen molar-refractivity contribution in [1.82, 2.24) is 5.32 Å². The van der Waals surface area contributed by atoms with Crippen LogP contribution in [0, 0.1) is 5.41 Å². The van der Waals surface area contributed by atoms with Crippen LogP contribution in [-0.4, -0.2) is 5.54 Å². The summed E-state index contributed by atoms with van der Waals surface area (Å²) < 4.78 is 0. The maximum absolute atomic E-state index is 5.97. The van der Waals surface area contributed by atoms with Gasteiger partial charge in [-0.2, -0.15) is 0 Å². The molecule has 0 fully saturated rings. The van der Waals surface area contributed by atoms with E-state index in [-0.39, 0.29) is 5.54 Å². The van der Waals surface area contributed by atoms with E-state index in [1.54, 1.807) is 0 Å². The lowest BCUT2D eigenvalue weighted by molar-refractivity contribution is 0.241. The summed E-state index contributed by atoms with van der Waals surface area (Å²) in [6, 6.07) is 8.02. The Bertz CT molecular complexity index is 363. The molecule has 0 spiro atoms. The van der Waals surface area contributed by atoms with Gasteiger partial charge in [0.15, 0.2) is 0 Å². The molecule has 0 aliphatic rings. The van der Waals surface area contributed by atoms with E-state index in [0.29, 0.717) is 5.41 Å². The van der Waals surface area contributed by atoms with E-state index in [1.807, 2.05) is 18.2 Å². The first-order chi connectivity index (χ1) is 7.68. The molecule has 1 aromatic rings. The van der Waals surface area contributed by atoms with Gasteiger partial charge in [-0.15, -0.1) is 0 Å². The summed E-state index contributed by atoms with van der Waals surface area (Å²) in [7, 11) is 0. The van der Waals surface area contributed by atoms with Gasteiger partial charge in [0.2, 0.25) is 0 Å². The van der Waals surface area contributed by atoms with Gasteiger partial charge in [-0.3, -0.25) is 0 Å². The molecule has 0 saturated heterocycles. The highest BCUT2D eigenvalue weighted by Gasteiger charge is 2.24. The molecule has 0 aliphatic heterocycles. The van der Waals surface area contributed by atoms with E-state index in [9.17, 15) is 0 Å². The SMILES string of the molecule is CC(C)(C)CC(C)(C)NCc1cccc(Cl)c1. The predicted octanol–water partition coefficient (Wildman–Crippen LogP) is 4.64. The Balaban J connectivity index is 2.55. The Labute approximate surface area is 111 Å². The van der Waals surface area contributed by atoms with Crippen molar-refractivity contribution in [2.24, 2.45) is 5.41 Å². The Hall–Kier alpha value is -0.530. The van der Waals surface area contributed by atoms with Crippen LogP contribution in [0.5, 0.6) is 0 Å². The van der Waals surface area contributed by atoms with Crippen molar-refractivity contribution in [3.05, 3.63) is 34.9 Å². The van der Waals surface area contributed by atoms with Crippen LogP contribution in [0.15, 0.2) is 24.3 Å². The van der Waals surface area contributed by atoms with E-state index in [0.717, 1.165) is 18.0 Å². The second kappa shape index (κ2) is 5.41. The summed E-state index contributed by atoms with van der Waals surface area (Å²) in [6.45, 7) is 12.2. The summed E-state index contributed by atoms with van der Waals surface area (Å²) in [5.41, 5.74) is 1.71. The molecule has 1 nitrogen and oxygen atoms in total. The van der Waals surface area contributed by atoms with Crippen LogP contribution in [-0.2, 0) is 6.54 Å². The summed E-state index contributed by atoms with van der Waals surface area (Å²) in [6.07, 6.45) is 1.14. The first-order valence-corrected chi connectivity index (χ1v) is 6.55. The number of rotatable bonds is 4. The van der Waals surface area contributed by atoms with Gasteiger partial charge in [0.05, 0.1) is 0 Å². The fourth-order valence-electron chi connectivity index (χ4n) is 2.38.